The fraction of sp³-hybridized carbons (Fsp3) is 0.600. The number of nitrogens with zero attached hydrogens (tertiary/aromatic N) is 1. The van der Waals surface area contributed by atoms with Crippen LogP contribution in [0.4, 0.5) is 13.2 Å². The number of benzene rings is 1. The molecule has 1 fully saturated rings. The summed E-state index contributed by atoms with van der Waals surface area (Å²) in [4.78, 5) is 2.21. The van der Waals surface area contributed by atoms with Crippen LogP contribution in [0.1, 0.15) is 24.1 Å². The molecule has 0 amide bonds. The van der Waals surface area contributed by atoms with Crippen LogP contribution in [0.3, 0.4) is 0 Å². The number of morpholine rings is 1. The van der Waals surface area contributed by atoms with Crippen LogP contribution < -0.4 is 5.32 Å². The highest BCUT2D eigenvalue weighted by atomic mass is 19.4. The molecule has 1 aliphatic heterocycles. The second-order valence-electron chi connectivity index (χ2n) is 5.50. The van der Waals surface area contributed by atoms with Gasteiger partial charge in [-0.1, -0.05) is 12.1 Å². The lowest BCUT2D eigenvalue weighted by atomic mass is 10.1. The van der Waals surface area contributed by atoms with E-state index in [4.69, 9.17) is 4.74 Å². The summed E-state index contributed by atoms with van der Waals surface area (Å²) in [6.07, 6.45) is -4.16. The summed E-state index contributed by atoms with van der Waals surface area (Å²) in [6, 6.07) is 5.28. The zero-order valence-corrected chi connectivity index (χ0v) is 12.3. The molecule has 1 aliphatic rings. The smallest absolute Gasteiger partial charge is 0.374 e. The summed E-state index contributed by atoms with van der Waals surface area (Å²) in [6.45, 7) is 5.15. The molecule has 0 saturated carbocycles. The van der Waals surface area contributed by atoms with E-state index in [0.717, 1.165) is 37.4 Å². The molecule has 118 valence electrons. The van der Waals surface area contributed by atoms with E-state index in [1.54, 1.807) is 0 Å². The van der Waals surface area contributed by atoms with Gasteiger partial charge in [0, 0.05) is 25.7 Å². The van der Waals surface area contributed by atoms with Gasteiger partial charge in [-0.25, -0.2) is 0 Å². The van der Waals surface area contributed by atoms with Crippen molar-refractivity contribution in [3.63, 3.8) is 0 Å². The third kappa shape index (κ3) is 4.69. The van der Waals surface area contributed by atoms with Gasteiger partial charge < -0.3 is 15.0 Å². The highest BCUT2D eigenvalue weighted by molar-refractivity contribution is 5.26. The SMILES string of the molecule is C[C@H](NC[C@H]1CN(C)CCO1)c1ccc(C(F)(F)F)cc1. The van der Waals surface area contributed by atoms with Crippen molar-refractivity contribution in [2.75, 3.05) is 33.3 Å². The second-order valence-corrected chi connectivity index (χ2v) is 5.50. The molecule has 2 rings (SSSR count). The van der Waals surface area contributed by atoms with Gasteiger partial charge in [0.15, 0.2) is 0 Å². The minimum absolute atomic E-state index is 0.0110. The largest absolute Gasteiger partial charge is 0.416 e. The third-order valence-corrected chi connectivity index (χ3v) is 3.73. The molecular formula is C15H21F3N2O. The van der Waals surface area contributed by atoms with Gasteiger partial charge in [0.25, 0.3) is 0 Å². The average molecular weight is 302 g/mol. The first kappa shape index (κ1) is 16.3. The molecule has 1 aromatic carbocycles. The second kappa shape index (κ2) is 6.77. The van der Waals surface area contributed by atoms with Gasteiger partial charge in [-0.15, -0.1) is 0 Å². The molecule has 1 heterocycles. The average Bonchev–Trinajstić information content (AvgIpc) is 2.44. The minimum atomic E-state index is -4.28. The van der Waals surface area contributed by atoms with E-state index in [-0.39, 0.29) is 12.1 Å². The quantitative estimate of drug-likeness (QED) is 0.925. The maximum absolute atomic E-state index is 12.5. The van der Waals surface area contributed by atoms with Crippen LogP contribution in [-0.2, 0) is 10.9 Å². The molecule has 2 atom stereocenters. The number of hydrogen-bond acceptors (Lipinski definition) is 3. The summed E-state index contributed by atoms with van der Waals surface area (Å²) in [5.74, 6) is 0. The normalized spacial score (nSPS) is 22.2. The first-order valence-corrected chi connectivity index (χ1v) is 7.07. The Balaban J connectivity index is 1.87. The van der Waals surface area contributed by atoms with Gasteiger partial charge in [0.1, 0.15) is 0 Å². The summed E-state index contributed by atoms with van der Waals surface area (Å²) in [5, 5.41) is 3.31. The van der Waals surface area contributed by atoms with Gasteiger partial charge >= 0.3 is 6.18 Å². The molecule has 21 heavy (non-hydrogen) atoms. The van der Waals surface area contributed by atoms with E-state index >= 15 is 0 Å². The molecule has 1 N–H and O–H groups in total. The molecule has 6 heteroatoms. The Morgan fingerprint density at radius 1 is 1.33 bits per heavy atom. The summed E-state index contributed by atoms with van der Waals surface area (Å²) >= 11 is 0. The molecule has 0 aliphatic carbocycles. The van der Waals surface area contributed by atoms with Crippen molar-refractivity contribution >= 4 is 0 Å². The van der Waals surface area contributed by atoms with Crippen molar-refractivity contribution in [2.45, 2.75) is 25.2 Å². The standard InChI is InChI=1S/C15H21F3N2O/c1-11(19-9-14-10-20(2)7-8-21-14)12-3-5-13(6-4-12)15(16,17)18/h3-6,11,14,19H,7-10H2,1-2H3/t11-,14-/m0/s1. The van der Waals surface area contributed by atoms with Crippen LogP contribution in [0.15, 0.2) is 24.3 Å². The predicted octanol–water partition coefficient (Wildman–Crippen LogP) is 2.69. The number of rotatable bonds is 4. The number of ether oxygens (including phenoxy) is 1. The number of hydrogen-bond donors (Lipinski definition) is 1. The van der Waals surface area contributed by atoms with Crippen molar-refractivity contribution in [3.05, 3.63) is 35.4 Å². The number of alkyl halides is 3. The van der Waals surface area contributed by atoms with Crippen molar-refractivity contribution in [1.82, 2.24) is 10.2 Å². The van der Waals surface area contributed by atoms with Crippen LogP contribution in [0, 0.1) is 0 Å². The van der Waals surface area contributed by atoms with E-state index in [9.17, 15) is 13.2 Å². The summed E-state index contributed by atoms with van der Waals surface area (Å²) < 4.78 is 43.2. The molecule has 1 aromatic rings. The highest BCUT2D eigenvalue weighted by Gasteiger charge is 2.30. The zero-order valence-electron chi connectivity index (χ0n) is 12.3. The first-order valence-electron chi connectivity index (χ1n) is 7.07. The lowest BCUT2D eigenvalue weighted by Gasteiger charge is -2.31. The Hall–Kier alpha value is -1.11. The van der Waals surface area contributed by atoms with Gasteiger partial charge in [-0.05, 0) is 31.7 Å². The minimum Gasteiger partial charge on any atom is -0.374 e. The topological polar surface area (TPSA) is 24.5 Å². The van der Waals surface area contributed by atoms with Gasteiger partial charge in [-0.2, -0.15) is 13.2 Å². The molecule has 1 saturated heterocycles. The van der Waals surface area contributed by atoms with E-state index in [2.05, 4.69) is 17.3 Å². The highest BCUT2D eigenvalue weighted by Crippen LogP contribution is 2.29. The number of halogens is 3. The lowest BCUT2D eigenvalue weighted by molar-refractivity contribution is -0.137. The van der Waals surface area contributed by atoms with Crippen molar-refractivity contribution in [1.29, 1.82) is 0 Å². The maximum atomic E-state index is 12.5. The Morgan fingerprint density at radius 2 is 2.00 bits per heavy atom. The summed E-state index contributed by atoms with van der Waals surface area (Å²) in [5.41, 5.74) is 0.225. The monoisotopic (exact) mass is 302 g/mol. The fourth-order valence-electron chi connectivity index (χ4n) is 2.38. The van der Waals surface area contributed by atoms with Crippen molar-refractivity contribution in [3.8, 4) is 0 Å². The molecule has 0 spiro atoms. The number of likely N-dealkylation sites (N-methyl/N-ethyl adjacent to an activating group) is 1. The predicted molar refractivity (Wildman–Crippen MR) is 75.1 cm³/mol. The third-order valence-electron chi connectivity index (χ3n) is 3.73. The van der Waals surface area contributed by atoms with E-state index in [0.29, 0.717) is 6.54 Å². The molecule has 0 bridgehead atoms. The van der Waals surface area contributed by atoms with Crippen LogP contribution in [0.2, 0.25) is 0 Å². The Labute approximate surface area is 123 Å². The van der Waals surface area contributed by atoms with Crippen LogP contribution >= 0.6 is 0 Å². The maximum Gasteiger partial charge on any atom is 0.416 e. The molecule has 0 unspecified atom stereocenters. The van der Waals surface area contributed by atoms with Crippen molar-refractivity contribution in [2.24, 2.45) is 0 Å². The molecule has 0 aromatic heterocycles. The Kier molecular flexibility index (Phi) is 5.24. The fourth-order valence-corrected chi connectivity index (χ4v) is 2.38. The van der Waals surface area contributed by atoms with E-state index in [1.165, 1.54) is 12.1 Å². The van der Waals surface area contributed by atoms with Crippen molar-refractivity contribution < 1.29 is 17.9 Å². The zero-order chi connectivity index (χ0) is 15.5. The molecule has 0 radical (unpaired) electrons. The number of nitrogens with one attached hydrogen (secondary N) is 1. The Bertz CT molecular complexity index is 447. The van der Waals surface area contributed by atoms with Crippen LogP contribution in [0.5, 0.6) is 0 Å². The lowest BCUT2D eigenvalue weighted by Crippen LogP contribution is -2.45. The van der Waals surface area contributed by atoms with Crippen LogP contribution in [-0.4, -0.2) is 44.3 Å². The van der Waals surface area contributed by atoms with Crippen LogP contribution in [0.25, 0.3) is 0 Å². The van der Waals surface area contributed by atoms with E-state index in [1.807, 2.05) is 6.92 Å². The first-order chi connectivity index (χ1) is 9.86. The molecule has 3 nitrogen and oxygen atoms in total. The Morgan fingerprint density at radius 3 is 2.57 bits per heavy atom. The van der Waals surface area contributed by atoms with E-state index < -0.39 is 11.7 Å². The van der Waals surface area contributed by atoms with Gasteiger partial charge in [0.05, 0.1) is 18.3 Å². The van der Waals surface area contributed by atoms with Gasteiger partial charge in [-0.3, -0.25) is 0 Å². The van der Waals surface area contributed by atoms with Gasteiger partial charge in [0.2, 0.25) is 0 Å². The molecular weight excluding hydrogens is 281 g/mol. The summed E-state index contributed by atoms with van der Waals surface area (Å²) in [7, 11) is 2.05.